The summed E-state index contributed by atoms with van der Waals surface area (Å²) in [6.45, 7) is 4.88. The maximum absolute atomic E-state index is 12.2. The largest absolute Gasteiger partial charge is 0.494 e. The Morgan fingerprint density at radius 2 is 2.23 bits per heavy atom. The lowest BCUT2D eigenvalue weighted by Crippen LogP contribution is -2.34. The molecule has 1 aromatic heterocycles. The Morgan fingerprint density at radius 3 is 2.97 bits per heavy atom. The van der Waals surface area contributed by atoms with E-state index in [-0.39, 0.29) is 24.9 Å². The Bertz CT molecular complexity index is 1170. The number of H-pyrrole nitrogens is 1. The highest BCUT2D eigenvalue weighted by molar-refractivity contribution is 5.81. The minimum Gasteiger partial charge on any atom is -0.494 e. The molecule has 0 radical (unpaired) electrons. The van der Waals surface area contributed by atoms with E-state index in [1.54, 1.807) is 7.11 Å². The number of aliphatic imine (C=N–C) groups is 1. The van der Waals surface area contributed by atoms with Gasteiger partial charge in [-0.3, -0.25) is 24.2 Å². The van der Waals surface area contributed by atoms with E-state index in [9.17, 15) is 14.7 Å². The van der Waals surface area contributed by atoms with Crippen LogP contribution in [0.3, 0.4) is 0 Å². The molecule has 3 heterocycles. The number of aromatic hydroxyl groups is 1. The molecular formula is C21H24N4O6. The van der Waals surface area contributed by atoms with Crippen LogP contribution >= 0.6 is 0 Å². The van der Waals surface area contributed by atoms with E-state index in [0.717, 1.165) is 28.7 Å². The van der Waals surface area contributed by atoms with Crippen LogP contribution in [0.1, 0.15) is 22.7 Å². The van der Waals surface area contributed by atoms with Gasteiger partial charge in [0.25, 0.3) is 5.56 Å². The molecule has 1 aromatic carbocycles. The number of methoxy groups -OCH3 is 1. The van der Waals surface area contributed by atoms with Gasteiger partial charge in [0.2, 0.25) is 18.4 Å². The van der Waals surface area contributed by atoms with Crippen LogP contribution in [0.4, 0.5) is 0 Å². The number of benzene rings is 1. The van der Waals surface area contributed by atoms with E-state index in [1.807, 2.05) is 13.1 Å². The van der Waals surface area contributed by atoms with Crippen LogP contribution in [-0.2, 0) is 13.0 Å². The van der Waals surface area contributed by atoms with Crippen LogP contribution in [0.5, 0.6) is 23.1 Å². The lowest BCUT2D eigenvalue weighted by atomic mass is 9.91. The molecule has 0 bridgehead atoms. The molecule has 1 unspecified atom stereocenters. The monoisotopic (exact) mass is 428 g/mol. The number of hydrogen-bond donors (Lipinski definition) is 2. The molecular weight excluding hydrogens is 404 g/mol. The van der Waals surface area contributed by atoms with E-state index in [2.05, 4.69) is 21.5 Å². The van der Waals surface area contributed by atoms with Crippen LogP contribution in [0.2, 0.25) is 0 Å². The van der Waals surface area contributed by atoms with Gasteiger partial charge in [0.15, 0.2) is 11.5 Å². The predicted octanol–water partition coefficient (Wildman–Crippen LogP) is 0.814. The molecule has 2 aromatic rings. The molecule has 0 aliphatic carbocycles. The van der Waals surface area contributed by atoms with Gasteiger partial charge in [-0.2, -0.15) is 0 Å². The smallest absolute Gasteiger partial charge is 0.331 e. The fourth-order valence-electron chi connectivity index (χ4n) is 3.99. The average Bonchev–Trinajstić information content (AvgIpc) is 3.21. The lowest BCUT2D eigenvalue weighted by Gasteiger charge is -2.35. The molecule has 0 amide bonds. The number of ether oxygens (including phenoxy) is 3. The van der Waals surface area contributed by atoms with Crippen molar-refractivity contribution in [2.24, 2.45) is 4.99 Å². The van der Waals surface area contributed by atoms with Gasteiger partial charge in [-0.15, -0.1) is 6.58 Å². The maximum atomic E-state index is 12.2. The van der Waals surface area contributed by atoms with Crippen molar-refractivity contribution in [2.75, 3.05) is 34.0 Å². The van der Waals surface area contributed by atoms with Crippen molar-refractivity contribution >= 4 is 6.21 Å². The molecule has 10 nitrogen and oxygen atoms in total. The van der Waals surface area contributed by atoms with E-state index in [0.29, 0.717) is 23.8 Å². The standard InChI is InChI=1S/C21H24N4O6/c1-4-6-25-20(27)13(19(26)23-21(25)28)9-22-10-14-16-12(5-7-24(14)2)8-15-17(18(16)29-3)31-11-30-15/h4,8-9,14,27H,1,5-7,10-11H2,2-3H3,(H,23,26,28). The van der Waals surface area contributed by atoms with E-state index >= 15 is 0 Å². The maximum Gasteiger partial charge on any atom is 0.331 e. The van der Waals surface area contributed by atoms with Crippen LogP contribution in [0, 0.1) is 0 Å². The molecule has 0 saturated heterocycles. The third-order valence-corrected chi connectivity index (χ3v) is 5.56. The third kappa shape index (κ3) is 3.59. The molecule has 4 rings (SSSR count). The third-order valence-electron chi connectivity index (χ3n) is 5.56. The van der Waals surface area contributed by atoms with Crippen molar-refractivity contribution in [3.8, 4) is 23.1 Å². The quantitative estimate of drug-likeness (QED) is 0.516. The predicted molar refractivity (Wildman–Crippen MR) is 114 cm³/mol. The second kappa shape index (κ2) is 8.31. The van der Waals surface area contributed by atoms with E-state index in [1.165, 1.54) is 12.3 Å². The summed E-state index contributed by atoms with van der Waals surface area (Å²) in [6, 6.07) is 1.84. The van der Waals surface area contributed by atoms with Gasteiger partial charge in [-0.05, 0) is 25.1 Å². The zero-order chi connectivity index (χ0) is 22.1. The Hall–Kier alpha value is -3.53. The number of nitrogens with one attached hydrogen (secondary N) is 1. The molecule has 10 heteroatoms. The van der Waals surface area contributed by atoms with Gasteiger partial charge in [0.05, 0.1) is 19.7 Å². The first-order chi connectivity index (χ1) is 15.0. The summed E-state index contributed by atoms with van der Waals surface area (Å²) in [5, 5.41) is 10.4. The molecule has 0 fully saturated rings. The number of nitrogens with zero attached hydrogens (tertiary/aromatic N) is 3. The number of rotatable bonds is 6. The molecule has 0 spiro atoms. The minimum absolute atomic E-state index is 0.0609. The lowest BCUT2D eigenvalue weighted by molar-refractivity contribution is 0.170. The van der Waals surface area contributed by atoms with Crippen LogP contribution in [-0.4, -0.2) is 59.8 Å². The highest BCUT2D eigenvalue weighted by Crippen LogP contribution is 2.49. The number of aromatic nitrogens is 2. The molecule has 31 heavy (non-hydrogen) atoms. The minimum atomic E-state index is -0.707. The Balaban J connectivity index is 1.69. The van der Waals surface area contributed by atoms with Crippen molar-refractivity contribution in [2.45, 2.75) is 19.0 Å². The first kappa shape index (κ1) is 20.7. The van der Waals surface area contributed by atoms with Crippen LogP contribution in [0.15, 0.2) is 33.3 Å². The van der Waals surface area contributed by atoms with Gasteiger partial charge in [-0.1, -0.05) is 6.08 Å². The van der Waals surface area contributed by atoms with E-state index < -0.39 is 17.1 Å². The van der Waals surface area contributed by atoms with Gasteiger partial charge < -0.3 is 19.3 Å². The zero-order valence-electron chi connectivity index (χ0n) is 17.4. The Morgan fingerprint density at radius 1 is 1.42 bits per heavy atom. The van der Waals surface area contributed by atoms with Crippen molar-refractivity contribution in [3.63, 3.8) is 0 Å². The number of likely N-dealkylation sites (N-methyl/N-ethyl adjacent to an activating group) is 1. The van der Waals surface area contributed by atoms with Crippen LogP contribution in [0.25, 0.3) is 0 Å². The number of allylic oxidation sites excluding steroid dienone is 1. The first-order valence-electron chi connectivity index (χ1n) is 9.82. The second-order valence-corrected chi connectivity index (χ2v) is 7.35. The number of aromatic amines is 1. The van der Waals surface area contributed by atoms with E-state index in [4.69, 9.17) is 14.2 Å². The molecule has 164 valence electrons. The summed E-state index contributed by atoms with van der Waals surface area (Å²) >= 11 is 0. The average molecular weight is 428 g/mol. The van der Waals surface area contributed by atoms with Crippen LogP contribution < -0.4 is 25.5 Å². The summed E-state index contributed by atoms with van der Waals surface area (Å²) in [5.74, 6) is 1.42. The summed E-state index contributed by atoms with van der Waals surface area (Å²) in [5.41, 5.74) is 0.566. The molecule has 2 aliphatic rings. The first-order valence-corrected chi connectivity index (χ1v) is 9.82. The highest BCUT2D eigenvalue weighted by Gasteiger charge is 2.33. The fourth-order valence-corrected chi connectivity index (χ4v) is 3.99. The molecule has 2 N–H and O–H groups in total. The summed E-state index contributed by atoms with van der Waals surface area (Å²) in [6.07, 6.45) is 3.56. The van der Waals surface area contributed by atoms with Gasteiger partial charge >= 0.3 is 5.69 Å². The summed E-state index contributed by atoms with van der Waals surface area (Å²) in [7, 11) is 3.58. The number of fused-ring (bicyclic) bond motifs is 2. The Labute approximate surface area is 178 Å². The van der Waals surface area contributed by atoms with Crippen molar-refractivity contribution < 1.29 is 19.3 Å². The van der Waals surface area contributed by atoms with Crippen molar-refractivity contribution in [3.05, 3.63) is 56.2 Å². The molecule has 0 saturated carbocycles. The second-order valence-electron chi connectivity index (χ2n) is 7.35. The van der Waals surface area contributed by atoms with Crippen molar-refractivity contribution in [1.29, 1.82) is 0 Å². The van der Waals surface area contributed by atoms with Crippen molar-refractivity contribution in [1.82, 2.24) is 14.5 Å². The van der Waals surface area contributed by atoms with Gasteiger partial charge in [-0.25, -0.2) is 4.79 Å². The summed E-state index contributed by atoms with van der Waals surface area (Å²) in [4.78, 5) is 32.8. The number of hydrogen-bond acceptors (Lipinski definition) is 8. The fraction of sp³-hybridized carbons (Fsp3) is 0.381. The SMILES string of the molecule is C=CCn1c(O)c(C=NCC2c3c(cc4c(c3OC)OCO4)CCN2C)c(=O)[nH]c1=O. The topological polar surface area (TPSA) is 118 Å². The normalized spacial score (nSPS) is 17.7. The zero-order valence-corrected chi connectivity index (χ0v) is 17.4. The summed E-state index contributed by atoms with van der Waals surface area (Å²) < 4.78 is 17.8. The Kier molecular flexibility index (Phi) is 5.55. The van der Waals surface area contributed by atoms with Gasteiger partial charge in [0, 0.05) is 24.9 Å². The highest BCUT2D eigenvalue weighted by atomic mass is 16.7. The molecule has 2 aliphatic heterocycles. The molecule has 1 atom stereocenters. The van der Waals surface area contributed by atoms with Gasteiger partial charge in [0.1, 0.15) is 5.56 Å².